The average Bonchev–Trinajstić information content (AvgIpc) is 2.25. The van der Waals surface area contributed by atoms with Crippen LogP contribution in [0.15, 0.2) is 36.4 Å². The van der Waals surface area contributed by atoms with Crippen LogP contribution in [0.3, 0.4) is 0 Å². The first kappa shape index (κ1) is 10.6. The Morgan fingerprint density at radius 3 is 2.79 bits per heavy atom. The predicted octanol–water partition coefficient (Wildman–Crippen LogP) is 2.74. The normalized spacial score (nSPS) is 10.2. The zero-order valence-electron chi connectivity index (χ0n) is 8.15. The Balaban J connectivity index is 2.19. The molecule has 0 aliphatic rings. The fourth-order valence-electron chi connectivity index (χ4n) is 1.03. The van der Waals surface area contributed by atoms with Gasteiger partial charge < -0.3 is 4.74 Å². The Kier molecular flexibility index (Phi) is 5.23. The van der Waals surface area contributed by atoms with Crippen molar-refractivity contribution in [3.63, 3.8) is 0 Å². The fraction of sp³-hybridized carbons (Fsp3) is 0.231. The minimum Gasteiger partial charge on any atom is -0.376 e. The quantitative estimate of drug-likeness (QED) is 0.507. The lowest BCUT2D eigenvalue weighted by molar-refractivity contribution is 0.169. The maximum atomic E-state index is 5.27. The number of rotatable bonds is 5. The molecule has 72 valence electrons. The monoisotopic (exact) mass is 186 g/mol. The fourth-order valence-corrected chi connectivity index (χ4v) is 1.03. The molecule has 0 spiro atoms. The highest BCUT2D eigenvalue weighted by atomic mass is 16.5. The van der Waals surface area contributed by atoms with Crippen LogP contribution >= 0.6 is 0 Å². The molecule has 0 atom stereocenters. The molecule has 0 radical (unpaired) electrons. The highest BCUT2D eigenvalue weighted by molar-refractivity contribution is 5.48. The zero-order valence-corrected chi connectivity index (χ0v) is 8.15. The van der Waals surface area contributed by atoms with Crippen molar-refractivity contribution in [2.75, 3.05) is 13.2 Å². The van der Waals surface area contributed by atoms with Crippen molar-refractivity contribution in [3.05, 3.63) is 42.0 Å². The molecule has 0 N–H and O–H groups in total. The zero-order chi connectivity index (χ0) is 10.1. The summed E-state index contributed by atoms with van der Waals surface area (Å²) in [5, 5.41) is 0. The maximum Gasteiger partial charge on any atom is 0.0651 e. The third kappa shape index (κ3) is 4.49. The molecule has 0 unspecified atom stereocenters. The summed E-state index contributed by atoms with van der Waals surface area (Å²) in [5.41, 5.74) is 1.19. The molecule has 0 aromatic heterocycles. The first-order valence-electron chi connectivity index (χ1n) is 4.66. The molecule has 0 amide bonds. The maximum absolute atomic E-state index is 5.27. The summed E-state index contributed by atoms with van der Waals surface area (Å²) in [5.74, 6) is 2.53. The van der Waals surface area contributed by atoms with Crippen molar-refractivity contribution in [2.24, 2.45) is 0 Å². The van der Waals surface area contributed by atoms with Gasteiger partial charge in [-0.05, 0) is 5.56 Å². The molecule has 0 heterocycles. The number of hydrogen-bond acceptors (Lipinski definition) is 1. The summed E-state index contributed by atoms with van der Waals surface area (Å²) < 4.78 is 5.27. The highest BCUT2D eigenvalue weighted by Gasteiger charge is 1.83. The SMILES string of the molecule is C#CCCOC/C=C/c1ccccc1. The third-order valence-electron chi connectivity index (χ3n) is 1.71. The number of hydrogen-bond donors (Lipinski definition) is 0. The van der Waals surface area contributed by atoms with Gasteiger partial charge in [0.15, 0.2) is 0 Å². The van der Waals surface area contributed by atoms with Crippen LogP contribution in [0, 0.1) is 12.3 Å². The first-order valence-corrected chi connectivity index (χ1v) is 4.66. The summed E-state index contributed by atoms with van der Waals surface area (Å²) in [6.45, 7) is 1.26. The minimum atomic E-state index is 0.622. The van der Waals surface area contributed by atoms with Crippen LogP contribution in [0.25, 0.3) is 6.08 Å². The van der Waals surface area contributed by atoms with E-state index in [0.717, 1.165) is 0 Å². The van der Waals surface area contributed by atoms with Crippen molar-refractivity contribution in [3.8, 4) is 12.3 Å². The molecule has 0 saturated heterocycles. The van der Waals surface area contributed by atoms with Crippen LogP contribution in [-0.2, 0) is 4.74 Å². The van der Waals surface area contributed by atoms with E-state index in [1.807, 2.05) is 30.4 Å². The Morgan fingerprint density at radius 1 is 1.29 bits per heavy atom. The highest BCUT2D eigenvalue weighted by Crippen LogP contribution is 2.00. The van der Waals surface area contributed by atoms with E-state index in [1.54, 1.807) is 0 Å². The molecule has 1 aromatic carbocycles. The summed E-state index contributed by atoms with van der Waals surface area (Å²) >= 11 is 0. The Labute approximate surface area is 85.4 Å². The smallest absolute Gasteiger partial charge is 0.0651 e. The van der Waals surface area contributed by atoms with Gasteiger partial charge in [0, 0.05) is 6.42 Å². The molecule has 0 fully saturated rings. The molecule has 1 rings (SSSR count). The molecule has 14 heavy (non-hydrogen) atoms. The standard InChI is InChI=1S/C13H14O/c1-2-3-11-14-12-7-10-13-8-5-4-6-9-13/h1,4-10H,3,11-12H2/b10-7+. The lowest BCUT2D eigenvalue weighted by atomic mass is 10.2. The van der Waals surface area contributed by atoms with E-state index in [2.05, 4.69) is 18.1 Å². The van der Waals surface area contributed by atoms with Gasteiger partial charge in [0.2, 0.25) is 0 Å². The lowest BCUT2D eigenvalue weighted by Crippen LogP contribution is -1.92. The van der Waals surface area contributed by atoms with Crippen molar-refractivity contribution in [2.45, 2.75) is 6.42 Å². The van der Waals surface area contributed by atoms with Crippen molar-refractivity contribution >= 4 is 6.08 Å². The molecule has 1 heteroatoms. The Hall–Kier alpha value is -1.52. The second-order valence-electron chi connectivity index (χ2n) is 2.84. The van der Waals surface area contributed by atoms with Crippen LogP contribution in [0.5, 0.6) is 0 Å². The van der Waals surface area contributed by atoms with Crippen molar-refractivity contribution in [1.82, 2.24) is 0 Å². The van der Waals surface area contributed by atoms with E-state index in [-0.39, 0.29) is 0 Å². The van der Waals surface area contributed by atoms with Gasteiger partial charge in [0.05, 0.1) is 13.2 Å². The van der Waals surface area contributed by atoms with Gasteiger partial charge in [-0.1, -0.05) is 42.5 Å². The molecule has 0 saturated carbocycles. The van der Waals surface area contributed by atoms with Crippen LogP contribution in [0.2, 0.25) is 0 Å². The van der Waals surface area contributed by atoms with E-state index in [9.17, 15) is 0 Å². The van der Waals surface area contributed by atoms with Gasteiger partial charge in [0.25, 0.3) is 0 Å². The molecular weight excluding hydrogens is 172 g/mol. The van der Waals surface area contributed by atoms with E-state index in [0.29, 0.717) is 19.6 Å². The van der Waals surface area contributed by atoms with Crippen LogP contribution in [0.1, 0.15) is 12.0 Å². The second kappa shape index (κ2) is 6.94. The second-order valence-corrected chi connectivity index (χ2v) is 2.84. The summed E-state index contributed by atoms with van der Waals surface area (Å²) in [7, 11) is 0. The van der Waals surface area contributed by atoms with Gasteiger partial charge in [-0.3, -0.25) is 0 Å². The predicted molar refractivity (Wildman–Crippen MR) is 59.7 cm³/mol. The van der Waals surface area contributed by atoms with Crippen LogP contribution in [-0.4, -0.2) is 13.2 Å². The molecule has 1 aromatic rings. The molecule has 0 bridgehead atoms. The van der Waals surface area contributed by atoms with E-state index < -0.39 is 0 Å². The van der Waals surface area contributed by atoms with Gasteiger partial charge in [-0.15, -0.1) is 12.3 Å². The third-order valence-corrected chi connectivity index (χ3v) is 1.71. The van der Waals surface area contributed by atoms with Gasteiger partial charge in [0.1, 0.15) is 0 Å². The van der Waals surface area contributed by atoms with Crippen LogP contribution in [0.4, 0.5) is 0 Å². The summed E-state index contributed by atoms with van der Waals surface area (Å²) in [4.78, 5) is 0. The van der Waals surface area contributed by atoms with Gasteiger partial charge in [-0.25, -0.2) is 0 Å². The minimum absolute atomic E-state index is 0.622. The number of terminal acetylenes is 1. The van der Waals surface area contributed by atoms with E-state index in [1.165, 1.54) is 5.56 Å². The van der Waals surface area contributed by atoms with E-state index >= 15 is 0 Å². The molecular formula is C13H14O. The van der Waals surface area contributed by atoms with Gasteiger partial charge >= 0.3 is 0 Å². The largest absolute Gasteiger partial charge is 0.376 e. The Morgan fingerprint density at radius 2 is 2.07 bits per heavy atom. The van der Waals surface area contributed by atoms with Crippen molar-refractivity contribution in [1.29, 1.82) is 0 Å². The lowest BCUT2D eigenvalue weighted by Gasteiger charge is -1.95. The summed E-state index contributed by atoms with van der Waals surface area (Å²) in [6, 6.07) is 10.1. The average molecular weight is 186 g/mol. The van der Waals surface area contributed by atoms with E-state index in [4.69, 9.17) is 11.2 Å². The molecule has 0 aliphatic heterocycles. The molecule has 1 nitrogen and oxygen atoms in total. The number of ether oxygens (including phenoxy) is 1. The van der Waals surface area contributed by atoms with Crippen molar-refractivity contribution < 1.29 is 4.74 Å². The number of benzene rings is 1. The Bertz CT molecular complexity index is 306. The van der Waals surface area contributed by atoms with Gasteiger partial charge in [-0.2, -0.15) is 0 Å². The first-order chi connectivity index (χ1) is 6.93. The molecule has 0 aliphatic carbocycles. The topological polar surface area (TPSA) is 9.23 Å². The van der Waals surface area contributed by atoms with Crippen LogP contribution < -0.4 is 0 Å². The summed E-state index contributed by atoms with van der Waals surface area (Å²) in [6.07, 6.45) is 9.80.